The van der Waals surface area contributed by atoms with Gasteiger partial charge in [-0.2, -0.15) is 0 Å². The minimum atomic E-state index is 0.0302. The Labute approximate surface area is 128 Å². The van der Waals surface area contributed by atoms with Gasteiger partial charge in [-0.1, -0.05) is 27.7 Å². The van der Waals surface area contributed by atoms with Gasteiger partial charge in [-0.25, -0.2) is 9.97 Å². The van der Waals surface area contributed by atoms with Crippen molar-refractivity contribution in [2.75, 3.05) is 30.3 Å². The highest BCUT2D eigenvalue weighted by Crippen LogP contribution is 2.25. The molecule has 0 unspecified atom stereocenters. The van der Waals surface area contributed by atoms with Crippen LogP contribution < -0.4 is 10.6 Å². The molecule has 0 radical (unpaired) electrons. The first-order chi connectivity index (χ1) is 9.80. The van der Waals surface area contributed by atoms with Gasteiger partial charge in [-0.05, 0) is 25.7 Å². The monoisotopic (exact) mass is 294 g/mol. The second-order valence-corrected chi connectivity index (χ2v) is 6.58. The Balaban J connectivity index is 2.99. The standard InChI is InChI=1S/C16H30N4O/c1-7-17-14-12(4)15(20-13(19-14)11(2)3)18-10-16(5,6)8-9-21/h11,21H,7-10H2,1-6H3,(H2,17,18,19,20). The zero-order chi connectivity index (χ0) is 16.0. The number of aliphatic hydroxyl groups is 1. The van der Waals surface area contributed by atoms with Crippen molar-refractivity contribution in [2.45, 2.75) is 53.9 Å². The quantitative estimate of drug-likeness (QED) is 0.687. The number of aromatic nitrogens is 2. The fourth-order valence-electron chi connectivity index (χ4n) is 2.02. The predicted molar refractivity (Wildman–Crippen MR) is 89.0 cm³/mol. The van der Waals surface area contributed by atoms with Gasteiger partial charge in [0.05, 0.1) is 0 Å². The summed E-state index contributed by atoms with van der Waals surface area (Å²) in [4.78, 5) is 9.25. The van der Waals surface area contributed by atoms with Gasteiger partial charge < -0.3 is 15.7 Å². The van der Waals surface area contributed by atoms with Gasteiger partial charge in [-0.3, -0.25) is 0 Å². The van der Waals surface area contributed by atoms with Gasteiger partial charge in [0.25, 0.3) is 0 Å². The minimum absolute atomic E-state index is 0.0302. The van der Waals surface area contributed by atoms with E-state index in [4.69, 9.17) is 5.11 Å². The second-order valence-electron chi connectivity index (χ2n) is 6.58. The molecule has 1 aromatic rings. The molecule has 5 nitrogen and oxygen atoms in total. The van der Waals surface area contributed by atoms with Gasteiger partial charge >= 0.3 is 0 Å². The van der Waals surface area contributed by atoms with E-state index < -0.39 is 0 Å². The maximum absolute atomic E-state index is 9.12. The SMILES string of the molecule is CCNc1nc(C(C)C)nc(NCC(C)(C)CCO)c1C. The van der Waals surface area contributed by atoms with Crippen molar-refractivity contribution in [2.24, 2.45) is 5.41 Å². The summed E-state index contributed by atoms with van der Waals surface area (Å²) in [5, 5.41) is 15.9. The minimum Gasteiger partial charge on any atom is -0.396 e. The van der Waals surface area contributed by atoms with Crippen LogP contribution >= 0.6 is 0 Å². The summed E-state index contributed by atoms with van der Waals surface area (Å²) >= 11 is 0. The number of rotatable bonds is 8. The highest BCUT2D eigenvalue weighted by Gasteiger charge is 2.19. The summed E-state index contributed by atoms with van der Waals surface area (Å²) in [5.74, 6) is 2.92. The fraction of sp³-hybridized carbons (Fsp3) is 0.750. The predicted octanol–water partition coefficient (Wildman–Crippen LogP) is 3.16. The molecule has 0 aromatic carbocycles. The molecule has 0 bridgehead atoms. The molecule has 21 heavy (non-hydrogen) atoms. The maximum atomic E-state index is 9.12. The van der Waals surface area contributed by atoms with Crippen LogP contribution in [-0.4, -0.2) is 34.8 Å². The van der Waals surface area contributed by atoms with E-state index in [1.807, 2.05) is 6.92 Å². The molecular formula is C16H30N4O. The molecule has 0 amide bonds. The van der Waals surface area contributed by atoms with Crippen molar-refractivity contribution >= 4 is 11.6 Å². The lowest BCUT2D eigenvalue weighted by Crippen LogP contribution is -2.25. The number of nitrogens with zero attached hydrogens (tertiary/aromatic N) is 2. The fourth-order valence-corrected chi connectivity index (χ4v) is 2.02. The molecule has 0 fully saturated rings. The molecule has 3 N–H and O–H groups in total. The topological polar surface area (TPSA) is 70.1 Å². The van der Waals surface area contributed by atoms with Gasteiger partial charge in [0.2, 0.25) is 0 Å². The second kappa shape index (κ2) is 7.59. The molecule has 0 aliphatic carbocycles. The first-order valence-corrected chi connectivity index (χ1v) is 7.78. The average molecular weight is 294 g/mol. The highest BCUT2D eigenvalue weighted by molar-refractivity contribution is 5.57. The number of nitrogens with one attached hydrogen (secondary N) is 2. The van der Waals surface area contributed by atoms with E-state index in [0.717, 1.165) is 42.5 Å². The van der Waals surface area contributed by atoms with E-state index >= 15 is 0 Å². The third-order valence-electron chi connectivity index (χ3n) is 3.55. The lowest BCUT2D eigenvalue weighted by Gasteiger charge is -2.25. The van der Waals surface area contributed by atoms with Crippen LogP contribution in [0.3, 0.4) is 0 Å². The average Bonchev–Trinajstić information content (AvgIpc) is 2.39. The van der Waals surface area contributed by atoms with Crippen LogP contribution in [-0.2, 0) is 0 Å². The first-order valence-electron chi connectivity index (χ1n) is 7.78. The summed E-state index contributed by atoms with van der Waals surface area (Å²) in [6, 6.07) is 0. The van der Waals surface area contributed by atoms with Crippen molar-refractivity contribution in [3.05, 3.63) is 11.4 Å². The van der Waals surface area contributed by atoms with E-state index in [0.29, 0.717) is 0 Å². The third-order valence-corrected chi connectivity index (χ3v) is 3.55. The first kappa shape index (κ1) is 17.7. The summed E-state index contributed by atoms with van der Waals surface area (Å²) in [5.41, 5.74) is 1.07. The molecule has 0 atom stereocenters. The van der Waals surface area contributed by atoms with Crippen LogP contribution in [0.2, 0.25) is 0 Å². The molecule has 0 aliphatic rings. The number of hydrogen-bond donors (Lipinski definition) is 3. The molecular weight excluding hydrogens is 264 g/mol. The zero-order valence-corrected chi connectivity index (χ0v) is 14.2. The van der Waals surface area contributed by atoms with Crippen molar-refractivity contribution in [1.29, 1.82) is 0 Å². The van der Waals surface area contributed by atoms with Crippen LogP contribution in [0, 0.1) is 12.3 Å². The maximum Gasteiger partial charge on any atom is 0.135 e. The summed E-state index contributed by atoms with van der Waals surface area (Å²) in [7, 11) is 0. The number of hydrogen-bond acceptors (Lipinski definition) is 5. The molecule has 120 valence electrons. The van der Waals surface area contributed by atoms with Crippen LogP contribution in [0.25, 0.3) is 0 Å². The van der Waals surface area contributed by atoms with Crippen molar-refractivity contribution in [3.63, 3.8) is 0 Å². The normalized spacial score (nSPS) is 11.8. The van der Waals surface area contributed by atoms with Crippen LogP contribution in [0.1, 0.15) is 58.3 Å². The Morgan fingerprint density at radius 2 is 1.71 bits per heavy atom. The smallest absolute Gasteiger partial charge is 0.135 e. The number of aliphatic hydroxyl groups excluding tert-OH is 1. The lowest BCUT2D eigenvalue weighted by molar-refractivity contribution is 0.220. The molecule has 0 aliphatic heterocycles. The molecule has 0 saturated carbocycles. The Kier molecular flexibility index (Phi) is 6.40. The van der Waals surface area contributed by atoms with Crippen molar-refractivity contribution in [1.82, 2.24) is 9.97 Å². The van der Waals surface area contributed by atoms with E-state index in [1.165, 1.54) is 0 Å². The van der Waals surface area contributed by atoms with Gasteiger partial charge in [0.1, 0.15) is 17.5 Å². The molecule has 1 rings (SSSR count). The number of anilines is 2. The Morgan fingerprint density at radius 1 is 1.14 bits per heavy atom. The summed E-state index contributed by atoms with van der Waals surface area (Å²) in [6.45, 7) is 14.4. The van der Waals surface area contributed by atoms with E-state index in [2.05, 4.69) is 55.2 Å². The van der Waals surface area contributed by atoms with Crippen LogP contribution in [0.4, 0.5) is 11.6 Å². The lowest BCUT2D eigenvalue weighted by atomic mass is 9.90. The largest absolute Gasteiger partial charge is 0.396 e. The van der Waals surface area contributed by atoms with E-state index in [-0.39, 0.29) is 17.9 Å². The van der Waals surface area contributed by atoms with E-state index in [9.17, 15) is 0 Å². The van der Waals surface area contributed by atoms with Gasteiger partial charge in [0.15, 0.2) is 0 Å². The van der Waals surface area contributed by atoms with E-state index in [1.54, 1.807) is 0 Å². The van der Waals surface area contributed by atoms with Crippen LogP contribution in [0.15, 0.2) is 0 Å². The van der Waals surface area contributed by atoms with Crippen molar-refractivity contribution < 1.29 is 5.11 Å². The molecule has 1 aromatic heterocycles. The third kappa shape index (κ3) is 5.16. The van der Waals surface area contributed by atoms with Crippen molar-refractivity contribution in [3.8, 4) is 0 Å². The Bertz CT molecular complexity index is 458. The molecule has 5 heteroatoms. The molecule has 0 saturated heterocycles. The molecule has 0 spiro atoms. The Hall–Kier alpha value is -1.36. The van der Waals surface area contributed by atoms with Gasteiger partial charge in [0, 0.05) is 31.2 Å². The summed E-state index contributed by atoms with van der Waals surface area (Å²) < 4.78 is 0. The van der Waals surface area contributed by atoms with Gasteiger partial charge in [-0.15, -0.1) is 0 Å². The zero-order valence-electron chi connectivity index (χ0n) is 14.2. The van der Waals surface area contributed by atoms with Crippen LogP contribution in [0.5, 0.6) is 0 Å². The molecule has 1 heterocycles. The summed E-state index contributed by atoms with van der Waals surface area (Å²) in [6.07, 6.45) is 0.765. The Morgan fingerprint density at radius 3 is 2.19 bits per heavy atom. The highest BCUT2D eigenvalue weighted by atomic mass is 16.3.